The Kier molecular flexibility index (Phi) is 6.41. The highest BCUT2D eigenvalue weighted by molar-refractivity contribution is 6.39. The van der Waals surface area contributed by atoms with Crippen molar-refractivity contribution in [3.8, 4) is 22.7 Å². The van der Waals surface area contributed by atoms with Crippen LogP contribution in [0.3, 0.4) is 0 Å². The predicted octanol–water partition coefficient (Wildman–Crippen LogP) is 7.10. The van der Waals surface area contributed by atoms with Gasteiger partial charge in [-0.25, -0.2) is 0 Å². The van der Waals surface area contributed by atoms with Crippen LogP contribution < -0.4 is 4.90 Å². The Morgan fingerprint density at radius 1 is 1.00 bits per heavy atom. The molecule has 0 spiro atoms. The SMILES string of the molecule is O=Cc1cccc(-c2nnc(N3C4CCC3CC(OCc3c(-c5c(Cl)cccc5Cl)noc3C3CC3)C4)o2)c1. The van der Waals surface area contributed by atoms with Crippen LogP contribution in [-0.4, -0.2) is 39.8 Å². The molecule has 2 aliphatic heterocycles. The molecule has 2 atom stereocenters. The number of halogens is 2. The van der Waals surface area contributed by atoms with Gasteiger partial charge in [0, 0.05) is 40.3 Å². The van der Waals surface area contributed by atoms with Crippen LogP contribution in [0.5, 0.6) is 0 Å². The van der Waals surface area contributed by atoms with Gasteiger partial charge in [0.2, 0.25) is 5.89 Å². The van der Waals surface area contributed by atoms with Crippen molar-refractivity contribution in [2.75, 3.05) is 4.90 Å². The summed E-state index contributed by atoms with van der Waals surface area (Å²) in [6.45, 7) is 0.397. The molecule has 3 aliphatic rings. The molecule has 0 radical (unpaired) electrons. The molecule has 8 nitrogen and oxygen atoms in total. The molecule has 3 fully saturated rings. The summed E-state index contributed by atoms with van der Waals surface area (Å²) in [7, 11) is 0. The highest BCUT2D eigenvalue weighted by atomic mass is 35.5. The van der Waals surface area contributed by atoms with E-state index in [1.165, 1.54) is 0 Å². The van der Waals surface area contributed by atoms with Gasteiger partial charge in [-0.1, -0.05) is 51.7 Å². The first-order valence-electron chi connectivity index (χ1n) is 13.3. The molecular formula is C29H26Cl2N4O4. The number of carbonyl (C=O) groups is 1. The molecular weight excluding hydrogens is 539 g/mol. The lowest BCUT2D eigenvalue weighted by atomic mass is 10.00. The van der Waals surface area contributed by atoms with E-state index < -0.39 is 0 Å². The highest BCUT2D eigenvalue weighted by Gasteiger charge is 2.44. The Morgan fingerprint density at radius 3 is 2.46 bits per heavy atom. The monoisotopic (exact) mass is 564 g/mol. The quantitative estimate of drug-likeness (QED) is 0.209. The van der Waals surface area contributed by atoms with Gasteiger partial charge in [0.05, 0.1) is 22.8 Å². The third kappa shape index (κ3) is 4.64. The van der Waals surface area contributed by atoms with Crippen molar-refractivity contribution in [1.29, 1.82) is 0 Å². The molecule has 2 unspecified atom stereocenters. The summed E-state index contributed by atoms with van der Waals surface area (Å²) in [5, 5.41) is 14.1. The topological polar surface area (TPSA) is 94.5 Å². The van der Waals surface area contributed by atoms with Gasteiger partial charge in [0.25, 0.3) is 0 Å². The Labute approximate surface area is 235 Å². The lowest BCUT2D eigenvalue weighted by Crippen LogP contribution is -2.45. The molecule has 0 N–H and O–H groups in total. The van der Waals surface area contributed by atoms with Gasteiger partial charge in [-0.15, -0.1) is 5.10 Å². The van der Waals surface area contributed by atoms with Crippen molar-refractivity contribution >= 4 is 35.5 Å². The molecule has 4 heterocycles. The molecule has 7 rings (SSSR count). The fraction of sp³-hybridized carbons (Fsp3) is 0.379. The van der Waals surface area contributed by atoms with Crippen molar-refractivity contribution < 1.29 is 18.5 Å². The molecule has 2 aromatic carbocycles. The summed E-state index contributed by atoms with van der Waals surface area (Å²) in [6, 6.07) is 13.7. The lowest BCUT2D eigenvalue weighted by Gasteiger charge is -2.37. The number of piperidine rings is 1. The average molecular weight is 565 g/mol. The maximum Gasteiger partial charge on any atom is 0.318 e. The normalized spacial score (nSPS) is 22.4. The van der Waals surface area contributed by atoms with E-state index in [1.54, 1.807) is 12.1 Å². The van der Waals surface area contributed by atoms with E-state index >= 15 is 0 Å². The second-order valence-electron chi connectivity index (χ2n) is 10.6. The fourth-order valence-corrected chi connectivity index (χ4v) is 6.58. The average Bonchev–Trinajstić information content (AvgIpc) is 3.41. The molecule has 39 heavy (non-hydrogen) atoms. The van der Waals surface area contributed by atoms with Gasteiger partial charge >= 0.3 is 6.01 Å². The minimum Gasteiger partial charge on any atom is -0.403 e. The molecule has 2 bridgehead atoms. The Hall–Kier alpha value is -3.20. The number of fused-ring (bicyclic) bond motifs is 2. The zero-order valence-corrected chi connectivity index (χ0v) is 22.6. The van der Waals surface area contributed by atoms with E-state index in [0.29, 0.717) is 51.3 Å². The van der Waals surface area contributed by atoms with Crippen LogP contribution in [0.4, 0.5) is 6.01 Å². The maximum atomic E-state index is 11.2. The van der Waals surface area contributed by atoms with Crippen LogP contribution in [-0.2, 0) is 11.3 Å². The summed E-state index contributed by atoms with van der Waals surface area (Å²) in [4.78, 5) is 13.4. The Balaban J connectivity index is 1.08. The number of rotatable bonds is 8. The zero-order valence-electron chi connectivity index (χ0n) is 21.1. The molecule has 2 saturated heterocycles. The number of hydrogen-bond donors (Lipinski definition) is 0. The van der Waals surface area contributed by atoms with Gasteiger partial charge in [0.1, 0.15) is 17.7 Å². The van der Waals surface area contributed by atoms with Crippen molar-refractivity contribution in [3.63, 3.8) is 0 Å². The first-order chi connectivity index (χ1) is 19.1. The summed E-state index contributed by atoms with van der Waals surface area (Å²) >= 11 is 13.0. The van der Waals surface area contributed by atoms with Gasteiger partial charge in [-0.2, -0.15) is 0 Å². The molecule has 200 valence electrons. The first kappa shape index (κ1) is 24.8. The second-order valence-corrected chi connectivity index (χ2v) is 11.4. The Bertz CT molecular complexity index is 1500. The number of benzene rings is 2. The van der Waals surface area contributed by atoms with E-state index in [-0.39, 0.29) is 18.2 Å². The van der Waals surface area contributed by atoms with Crippen LogP contribution in [0.2, 0.25) is 10.0 Å². The predicted molar refractivity (Wildman–Crippen MR) is 146 cm³/mol. The van der Waals surface area contributed by atoms with Crippen molar-refractivity contribution in [1.82, 2.24) is 15.4 Å². The minimum atomic E-state index is 0.0851. The largest absolute Gasteiger partial charge is 0.403 e. The number of ether oxygens (including phenoxy) is 1. The van der Waals surface area contributed by atoms with Crippen LogP contribution in [0.1, 0.15) is 66.1 Å². The van der Waals surface area contributed by atoms with E-state index in [9.17, 15) is 4.79 Å². The van der Waals surface area contributed by atoms with E-state index in [4.69, 9.17) is 36.9 Å². The smallest absolute Gasteiger partial charge is 0.318 e. The summed E-state index contributed by atoms with van der Waals surface area (Å²) in [5.41, 5.74) is 3.61. The van der Waals surface area contributed by atoms with Gasteiger partial charge in [0.15, 0.2) is 0 Å². The number of anilines is 1. The molecule has 1 saturated carbocycles. The highest BCUT2D eigenvalue weighted by Crippen LogP contribution is 2.47. The fourth-order valence-electron chi connectivity index (χ4n) is 6.01. The number of carbonyl (C=O) groups excluding carboxylic acids is 1. The lowest BCUT2D eigenvalue weighted by molar-refractivity contribution is 0.0139. The number of aromatic nitrogens is 3. The first-order valence-corrected chi connectivity index (χ1v) is 14.1. The van der Waals surface area contributed by atoms with Gasteiger partial charge < -0.3 is 18.6 Å². The number of aldehydes is 1. The third-order valence-electron chi connectivity index (χ3n) is 8.02. The Morgan fingerprint density at radius 2 is 1.74 bits per heavy atom. The summed E-state index contributed by atoms with van der Waals surface area (Å²) < 4.78 is 18.4. The van der Waals surface area contributed by atoms with Crippen LogP contribution in [0.25, 0.3) is 22.7 Å². The van der Waals surface area contributed by atoms with Crippen LogP contribution >= 0.6 is 23.2 Å². The molecule has 0 amide bonds. The van der Waals surface area contributed by atoms with E-state index in [0.717, 1.165) is 61.7 Å². The number of nitrogens with zero attached hydrogens (tertiary/aromatic N) is 4. The van der Waals surface area contributed by atoms with E-state index in [1.807, 2.05) is 30.3 Å². The molecule has 10 heteroatoms. The third-order valence-corrected chi connectivity index (χ3v) is 8.65. The number of hydrogen-bond acceptors (Lipinski definition) is 8. The minimum absolute atomic E-state index is 0.0851. The summed E-state index contributed by atoms with van der Waals surface area (Å²) in [6.07, 6.45) is 6.89. The standard InChI is InChI=1S/C29H26Cl2N4O4/c30-23-5-2-6-24(31)25(23)26-22(27(39-34-26)17-7-8-17)15-37-21-12-19-9-10-20(13-21)35(19)29-33-32-28(38-29)18-4-1-3-16(11-18)14-36/h1-6,11,14,17,19-21H,7-10,12-13,15H2. The van der Waals surface area contributed by atoms with Crippen molar-refractivity contribution in [3.05, 3.63) is 69.4 Å². The zero-order chi connectivity index (χ0) is 26.5. The van der Waals surface area contributed by atoms with Gasteiger partial charge in [-0.3, -0.25) is 4.79 Å². The van der Waals surface area contributed by atoms with Crippen LogP contribution in [0, 0.1) is 0 Å². The van der Waals surface area contributed by atoms with E-state index in [2.05, 4.69) is 20.3 Å². The molecule has 4 aromatic rings. The van der Waals surface area contributed by atoms with Crippen molar-refractivity contribution in [2.24, 2.45) is 0 Å². The summed E-state index contributed by atoms with van der Waals surface area (Å²) in [5.74, 6) is 1.68. The van der Waals surface area contributed by atoms with Crippen LogP contribution in [0.15, 0.2) is 51.4 Å². The molecule has 1 aliphatic carbocycles. The maximum absolute atomic E-state index is 11.2. The van der Waals surface area contributed by atoms with Crippen molar-refractivity contribution in [2.45, 2.75) is 69.2 Å². The second kappa shape index (κ2) is 10.1. The molecule has 2 aromatic heterocycles. The van der Waals surface area contributed by atoms with Gasteiger partial charge in [-0.05, 0) is 62.8 Å².